The second kappa shape index (κ2) is 4.42. The molecule has 0 bridgehead atoms. The Morgan fingerprint density at radius 3 is 3.06 bits per heavy atom. The summed E-state index contributed by atoms with van der Waals surface area (Å²) in [6.07, 6.45) is 2.92. The topological polar surface area (TPSA) is 25.4 Å². The Labute approximate surface area is 97.4 Å². The fourth-order valence-corrected chi connectivity index (χ4v) is 2.03. The minimum Gasteiger partial charge on any atom is -0.372 e. The maximum absolute atomic E-state index is 5.83. The predicted octanol–water partition coefficient (Wildman–Crippen LogP) is 2.40. The van der Waals surface area contributed by atoms with Crippen molar-refractivity contribution in [2.75, 3.05) is 24.6 Å². The van der Waals surface area contributed by atoms with Crippen LogP contribution in [0.25, 0.3) is 0 Å². The third kappa shape index (κ3) is 2.35. The van der Waals surface area contributed by atoms with Crippen LogP contribution in [0.1, 0.15) is 25.8 Å². The molecule has 0 spiro atoms. The summed E-state index contributed by atoms with van der Waals surface area (Å²) in [5.74, 6) is 1.07. The largest absolute Gasteiger partial charge is 0.372 e. The molecule has 1 aliphatic heterocycles. The highest BCUT2D eigenvalue weighted by Crippen LogP contribution is 2.24. The van der Waals surface area contributed by atoms with Crippen LogP contribution in [-0.4, -0.2) is 30.3 Å². The van der Waals surface area contributed by atoms with Gasteiger partial charge in [-0.2, -0.15) is 0 Å². The molecule has 1 saturated heterocycles. The van der Waals surface area contributed by atoms with E-state index < -0.39 is 0 Å². The van der Waals surface area contributed by atoms with E-state index in [1.165, 1.54) is 5.56 Å². The van der Waals surface area contributed by atoms with Crippen LogP contribution in [0.2, 0.25) is 0 Å². The minimum atomic E-state index is -0.0241. The first-order valence-electron chi connectivity index (χ1n) is 5.94. The van der Waals surface area contributed by atoms with E-state index in [4.69, 9.17) is 4.74 Å². The molecule has 16 heavy (non-hydrogen) atoms. The van der Waals surface area contributed by atoms with Gasteiger partial charge in [-0.15, -0.1) is 0 Å². The Morgan fingerprint density at radius 2 is 2.38 bits per heavy atom. The second-order valence-corrected chi connectivity index (χ2v) is 4.76. The first-order valence-corrected chi connectivity index (χ1v) is 5.94. The van der Waals surface area contributed by atoms with Gasteiger partial charge in [0.2, 0.25) is 0 Å². The molecule has 1 aromatic heterocycles. The monoisotopic (exact) mass is 220 g/mol. The number of rotatable bonds is 2. The molecule has 2 rings (SSSR count). The van der Waals surface area contributed by atoms with Crippen LogP contribution in [0.15, 0.2) is 18.3 Å². The van der Waals surface area contributed by atoms with Gasteiger partial charge in [-0.05, 0) is 38.0 Å². The van der Waals surface area contributed by atoms with Crippen LogP contribution in [-0.2, 0) is 4.74 Å². The van der Waals surface area contributed by atoms with Gasteiger partial charge in [0.25, 0.3) is 0 Å². The highest BCUT2D eigenvalue weighted by atomic mass is 16.5. The Morgan fingerprint density at radius 1 is 1.56 bits per heavy atom. The first kappa shape index (κ1) is 11.4. The van der Waals surface area contributed by atoms with Gasteiger partial charge in [0, 0.05) is 19.3 Å². The molecule has 1 aliphatic rings. The number of pyridine rings is 1. The van der Waals surface area contributed by atoms with Crippen molar-refractivity contribution in [3.63, 3.8) is 0 Å². The highest BCUT2D eigenvalue weighted by molar-refractivity contribution is 5.41. The number of anilines is 1. The number of aryl methyl sites for hydroxylation is 1. The van der Waals surface area contributed by atoms with E-state index in [1.807, 2.05) is 12.3 Å². The quantitative estimate of drug-likeness (QED) is 0.765. The third-order valence-electron chi connectivity index (χ3n) is 3.31. The molecule has 0 N–H and O–H groups in total. The number of ether oxygens (including phenoxy) is 1. The van der Waals surface area contributed by atoms with Crippen LogP contribution >= 0.6 is 0 Å². The van der Waals surface area contributed by atoms with Crippen molar-refractivity contribution in [3.05, 3.63) is 23.9 Å². The number of morpholine rings is 1. The molecule has 0 radical (unpaired) electrons. The van der Waals surface area contributed by atoms with Gasteiger partial charge < -0.3 is 9.64 Å². The molecule has 1 fully saturated rings. The van der Waals surface area contributed by atoms with E-state index in [2.05, 4.69) is 36.7 Å². The fraction of sp³-hybridized carbons (Fsp3) is 0.615. The summed E-state index contributed by atoms with van der Waals surface area (Å²) in [5, 5.41) is 0. The zero-order valence-corrected chi connectivity index (χ0v) is 10.4. The van der Waals surface area contributed by atoms with Gasteiger partial charge in [-0.25, -0.2) is 4.98 Å². The summed E-state index contributed by atoms with van der Waals surface area (Å²) < 4.78 is 5.83. The standard InChI is InChI=1S/C13H20N2O/c1-4-13(3)10-15(7-8-16-13)12-9-11(2)5-6-14-12/h5-6,9H,4,7-8,10H2,1-3H3/t13-/m1/s1. The summed E-state index contributed by atoms with van der Waals surface area (Å²) in [6, 6.07) is 4.17. The van der Waals surface area contributed by atoms with Gasteiger partial charge in [-0.3, -0.25) is 0 Å². The zero-order valence-electron chi connectivity index (χ0n) is 10.4. The van der Waals surface area contributed by atoms with Crippen molar-refractivity contribution in [2.24, 2.45) is 0 Å². The van der Waals surface area contributed by atoms with E-state index in [1.54, 1.807) is 0 Å². The molecule has 1 atom stereocenters. The summed E-state index contributed by atoms with van der Waals surface area (Å²) in [4.78, 5) is 6.75. The molecule has 1 aromatic rings. The van der Waals surface area contributed by atoms with E-state index in [9.17, 15) is 0 Å². The second-order valence-electron chi connectivity index (χ2n) is 4.76. The fourth-order valence-electron chi connectivity index (χ4n) is 2.03. The average Bonchev–Trinajstić information content (AvgIpc) is 2.29. The van der Waals surface area contributed by atoms with Crippen molar-refractivity contribution in [1.82, 2.24) is 4.98 Å². The van der Waals surface area contributed by atoms with Crippen molar-refractivity contribution in [2.45, 2.75) is 32.8 Å². The molecule has 2 heterocycles. The lowest BCUT2D eigenvalue weighted by atomic mass is 10.0. The van der Waals surface area contributed by atoms with Crippen molar-refractivity contribution in [3.8, 4) is 0 Å². The molecular weight excluding hydrogens is 200 g/mol. The van der Waals surface area contributed by atoms with Gasteiger partial charge in [0.15, 0.2) is 0 Å². The first-order chi connectivity index (χ1) is 7.63. The Bertz CT molecular complexity index is 367. The van der Waals surface area contributed by atoms with Crippen LogP contribution < -0.4 is 4.90 Å². The van der Waals surface area contributed by atoms with Crippen LogP contribution in [0.3, 0.4) is 0 Å². The van der Waals surface area contributed by atoms with Gasteiger partial charge in [-0.1, -0.05) is 6.92 Å². The maximum Gasteiger partial charge on any atom is 0.128 e. The summed E-state index contributed by atoms with van der Waals surface area (Å²) >= 11 is 0. The Balaban J connectivity index is 2.16. The van der Waals surface area contributed by atoms with Crippen LogP contribution in [0.4, 0.5) is 5.82 Å². The summed E-state index contributed by atoms with van der Waals surface area (Å²) in [5.41, 5.74) is 1.23. The normalized spacial score (nSPS) is 25.8. The van der Waals surface area contributed by atoms with Gasteiger partial charge in [0.1, 0.15) is 5.82 Å². The van der Waals surface area contributed by atoms with E-state index in [0.717, 1.165) is 31.9 Å². The van der Waals surface area contributed by atoms with E-state index in [0.29, 0.717) is 0 Å². The zero-order chi connectivity index (χ0) is 11.6. The molecular formula is C13H20N2O. The SMILES string of the molecule is CC[C@]1(C)CN(c2cc(C)ccn2)CCO1. The smallest absolute Gasteiger partial charge is 0.128 e. The molecule has 88 valence electrons. The molecule has 0 saturated carbocycles. The maximum atomic E-state index is 5.83. The van der Waals surface area contributed by atoms with Gasteiger partial charge >= 0.3 is 0 Å². The molecule has 3 heteroatoms. The number of hydrogen-bond donors (Lipinski definition) is 0. The molecule has 0 aromatic carbocycles. The number of nitrogens with zero attached hydrogens (tertiary/aromatic N) is 2. The Kier molecular flexibility index (Phi) is 3.15. The molecule has 0 amide bonds. The summed E-state index contributed by atoms with van der Waals surface area (Å²) in [7, 11) is 0. The highest BCUT2D eigenvalue weighted by Gasteiger charge is 2.30. The van der Waals surface area contributed by atoms with E-state index >= 15 is 0 Å². The summed E-state index contributed by atoms with van der Waals surface area (Å²) in [6.45, 7) is 9.11. The van der Waals surface area contributed by atoms with E-state index in [-0.39, 0.29) is 5.60 Å². The number of aromatic nitrogens is 1. The minimum absolute atomic E-state index is 0.0241. The van der Waals surface area contributed by atoms with Crippen molar-refractivity contribution < 1.29 is 4.74 Å². The predicted molar refractivity (Wildman–Crippen MR) is 65.8 cm³/mol. The lowest BCUT2D eigenvalue weighted by Gasteiger charge is -2.40. The van der Waals surface area contributed by atoms with Gasteiger partial charge in [0.05, 0.1) is 12.2 Å². The Hall–Kier alpha value is -1.09. The lowest BCUT2D eigenvalue weighted by Crippen LogP contribution is -2.50. The third-order valence-corrected chi connectivity index (χ3v) is 3.31. The number of hydrogen-bond acceptors (Lipinski definition) is 3. The average molecular weight is 220 g/mol. The lowest BCUT2D eigenvalue weighted by molar-refractivity contribution is -0.0443. The molecule has 3 nitrogen and oxygen atoms in total. The van der Waals surface area contributed by atoms with Crippen LogP contribution in [0, 0.1) is 6.92 Å². The molecule has 0 aliphatic carbocycles. The van der Waals surface area contributed by atoms with Crippen LogP contribution in [0.5, 0.6) is 0 Å². The molecule has 0 unspecified atom stereocenters. The van der Waals surface area contributed by atoms with Crippen molar-refractivity contribution in [1.29, 1.82) is 0 Å². The van der Waals surface area contributed by atoms with Crippen molar-refractivity contribution >= 4 is 5.82 Å².